The molecule has 0 radical (unpaired) electrons. The van der Waals surface area contributed by atoms with Gasteiger partial charge in [-0.3, -0.25) is 9.79 Å². The van der Waals surface area contributed by atoms with E-state index in [1.165, 1.54) is 0 Å². The van der Waals surface area contributed by atoms with Gasteiger partial charge in [-0.25, -0.2) is 0 Å². The first kappa shape index (κ1) is 19.8. The van der Waals surface area contributed by atoms with Gasteiger partial charge in [0.1, 0.15) is 5.75 Å². The zero-order valence-electron chi connectivity index (χ0n) is 15.6. The van der Waals surface area contributed by atoms with Gasteiger partial charge in [-0.15, -0.1) is 0 Å². The molecule has 0 bridgehead atoms. The summed E-state index contributed by atoms with van der Waals surface area (Å²) in [6.45, 7) is 11.3. The van der Waals surface area contributed by atoms with Crippen LogP contribution in [-0.4, -0.2) is 37.6 Å². The van der Waals surface area contributed by atoms with Crippen LogP contribution in [0, 0.1) is 6.92 Å². The van der Waals surface area contributed by atoms with Crippen LogP contribution >= 0.6 is 0 Å². The smallest absolute Gasteiger partial charge is 0.239 e. The number of amides is 1. The van der Waals surface area contributed by atoms with E-state index in [1.807, 2.05) is 46.8 Å². The Labute approximate surface area is 145 Å². The lowest BCUT2D eigenvalue weighted by molar-refractivity contribution is -0.121. The van der Waals surface area contributed by atoms with Gasteiger partial charge in [0.25, 0.3) is 0 Å². The second-order valence-electron chi connectivity index (χ2n) is 6.61. The molecule has 0 fully saturated rings. The van der Waals surface area contributed by atoms with E-state index in [0.717, 1.165) is 16.9 Å². The minimum Gasteiger partial charge on any atom is -0.494 e. The van der Waals surface area contributed by atoms with Crippen LogP contribution in [0.5, 0.6) is 5.75 Å². The van der Waals surface area contributed by atoms with Crippen LogP contribution in [0.2, 0.25) is 0 Å². The molecule has 0 saturated heterocycles. The van der Waals surface area contributed by atoms with Gasteiger partial charge in [0.05, 0.1) is 13.2 Å². The number of carbonyl (C=O) groups excluding carboxylic acids is 1. The second kappa shape index (κ2) is 9.15. The van der Waals surface area contributed by atoms with Crippen LogP contribution in [0.15, 0.2) is 23.2 Å². The molecule has 1 aromatic rings. The fraction of sp³-hybridized carbons (Fsp3) is 0.556. The highest BCUT2D eigenvalue weighted by molar-refractivity contribution is 5.86. The lowest BCUT2D eigenvalue weighted by atomic mass is 10.1. The molecule has 1 aromatic carbocycles. The number of ether oxygens (including phenoxy) is 1. The van der Waals surface area contributed by atoms with Crippen molar-refractivity contribution < 1.29 is 9.53 Å². The lowest BCUT2D eigenvalue weighted by Gasteiger charge is -2.21. The second-order valence-corrected chi connectivity index (χ2v) is 6.61. The standard InChI is InChI=1S/C18H30N4O2/c1-7-24-15-9-8-14(10-13(15)2)11-20-17(19-6)21-12-16(23)22-18(3,4)5/h8-10H,7,11-12H2,1-6H3,(H,22,23)(H2,19,20,21). The van der Waals surface area contributed by atoms with E-state index in [0.29, 0.717) is 19.1 Å². The van der Waals surface area contributed by atoms with Crippen molar-refractivity contribution >= 4 is 11.9 Å². The lowest BCUT2D eigenvalue weighted by Crippen LogP contribution is -2.48. The fourth-order valence-electron chi connectivity index (χ4n) is 2.17. The van der Waals surface area contributed by atoms with Crippen molar-refractivity contribution in [2.75, 3.05) is 20.2 Å². The molecule has 1 amide bonds. The molecule has 0 aromatic heterocycles. The fourth-order valence-corrected chi connectivity index (χ4v) is 2.17. The van der Waals surface area contributed by atoms with Crippen LogP contribution in [0.3, 0.4) is 0 Å². The van der Waals surface area contributed by atoms with E-state index in [-0.39, 0.29) is 18.0 Å². The molecule has 0 unspecified atom stereocenters. The molecular weight excluding hydrogens is 304 g/mol. The molecule has 3 N–H and O–H groups in total. The summed E-state index contributed by atoms with van der Waals surface area (Å²) in [6.07, 6.45) is 0. The summed E-state index contributed by atoms with van der Waals surface area (Å²) in [6, 6.07) is 6.07. The van der Waals surface area contributed by atoms with Crippen molar-refractivity contribution in [3.63, 3.8) is 0 Å². The monoisotopic (exact) mass is 334 g/mol. The molecule has 0 spiro atoms. The molecule has 134 valence electrons. The Hall–Kier alpha value is -2.24. The molecule has 0 aliphatic rings. The van der Waals surface area contributed by atoms with E-state index in [2.05, 4.69) is 27.0 Å². The number of hydrogen-bond acceptors (Lipinski definition) is 3. The quantitative estimate of drug-likeness (QED) is 0.549. The average molecular weight is 334 g/mol. The predicted molar refractivity (Wildman–Crippen MR) is 98.4 cm³/mol. The van der Waals surface area contributed by atoms with Gasteiger partial charge in [0.15, 0.2) is 5.96 Å². The largest absolute Gasteiger partial charge is 0.494 e. The number of aliphatic imine (C=N–C) groups is 1. The molecule has 0 heterocycles. The number of benzene rings is 1. The van der Waals surface area contributed by atoms with E-state index in [9.17, 15) is 4.79 Å². The number of guanidine groups is 1. The Morgan fingerprint density at radius 2 is 1.96 bits per heavy atom. The van der Waals surface area contributed by atoms with Crippen LogP contribution in [0.4, 0.5) is 0 Å². The maximum absolute atomic E-state index is 11.8. The van der Waals surface area contributed by atoms with E-state index >= 15 is 0 Å². The van der Waals surface area contributed by atoms with Gasteiger partial charge in [-0.1, -0.05) is 12.1 Å². The van der Waals surface area contributed by atoms with E-state index < -0.39 is 0 Å². The first-order valence-corrected chi connectivity index (χ1v) is 8.23. The highest BCUT2D eigenvalue weighted by Crippen LogP contribution is 2.18. The van der Waals surface area contributed by atoms with Gasteiger partial charge < -0.3 is 20.7 Å². The van der Waals surface area contributed by atoms with Gasteiger partial charge >= 0.3 is 0 Å². The molecular formula is C18H30N4O2. The molecule has 1 rings (SSSR count). The third-order valence-corrected chi connectivity index (χ3v) is 3.15. The predicted octanol–water partition coefficient (Wildman–Crippen LogP) is 1.97. The van der Waals surface area contributed by atoms with Crippen molar-refractivity contribution in [1.82, 2.24) is 16.0 Å². The van der Waals surface area contributed by atoms with E-state index in [1.54, 1.807) is 7.05 Å². The van der Waals surface area contributed by atoms with Crippen molar-refractivity contribution in [2.24, 2.45) is 4.99 Å². The summed E-state index contributed by atoms with van der Waals surface area (Å²) in [5.74, 6) is 1.43. The van der Waals surface area contributed by atoms with Gasteiger partial charge in [0.2, 0.25) is 5.91 Å². The molecule has 0 aliphatic carbocycles. The Morgan fingerprint density at radius 1 is 1.25 bits per heavy atom. The average Bonchev–Trinajstić information content (AvgIpc) is 2.48. The Kier molecular flexibility index (Phi) is 7.55. The SMILES string of the molecule is CCOc1ccc(CNC(=NC)NCC(=O)NC(C)(C)C)cc1C. The summed E-state index contributed by atoms with van der Waals surface area (Å²) in [4.78, 5) is 16.0. The summed E-state index contributed by atoms with van der Waals surface area (Å²) in [5.41, 5.74) is 1.98. The zero-order valence-corrected chi connectivity index (χ0v) is 15.6. The number of carbonyl (C=O) groups is 1. The first-order chi connectivity index (χ1) is 11.2. The van der Waals surface area contributed by atoms with Crippen molar-refractivity contribution in [1.29, 1.82) is 0 Å². The Balaban J connectivity index is 2.49. The minimum atomic E-state index is -0.241. The van der Waals surface area contributed by atoms with Crippen LogP contribution in [0.1, 0.15) is 38.8 Å². The zero-order chi connectivity index (χ0) is 18.2. The van der Waals surface area contributed by atoms with Gasteiger partial charge in [-0.2, -0.15) is 0 Å². The minimum absolute atomic E-state index is 0.0673. The number of hydrogen-bond donors (Lipinski definition) is 3. The maximum Gasteiger partial charge on any atom is 0.239 e. The van der Waals surface area contributed by atoms with Crippen LogP contribution in [0.25, 0.3) is 0 Å². The van der Waals surface area contributed by atoms with E-state index in [4.69, 9.17) is 4.74 Å². The highest BCUT2D eigenvalue weighted by atomic mass is 16.5. The number of nitrogens with one attached hydrogen (secondary N) is 3. The molecule has 6 heteroatoms. The van der Waals surface area contributed by atoms with Crippen molar-refractivity contribution in [3.8, 4) is 5.75 Å². The number of rotatable bonds is 6. The summed E-state index contributed by atoms with van der Waals surface area (Å²) < 4.78 is 5.54. The Bertz CT molecular complexity index is 577. The number of nitrogens with zero attached hydrogens (tertiary/aromatic N) is 1. The molecule has 0 aliphatic heterocycles. The topological polar surface area (TPSA) is 74.8 Å². The van der Waals surface area contributed by atoms with Crippen molar-refractivity contribution in [2.45, 2.75) is 46.7 Å². The van der Waals surface area contributed by atoms with Crippen LogP contribution in [-0.2, 0) is 11.3 Å². The molecule has 24 heavy (non-hydrogen) atoms. The maximum atomic E-state index is 11.8. The molecule has 0 saturated carbocycles. The first-order valence-electron chi connectivity index (χ1n) is 8.23. The van der Waals surface area contributed by atoms with Gasteiger partial charge in [0, 0.05) is 19.1 Å². The molecule has 6 nitrogen and oxygen atoms in total. The van der Waals surface area contributed by atoms with Gasteiger partial charge in [-0.05, 0) is 51.8 Å². The third-order valence-electron chi connectivity index (χ3n) is 3.15. The number of aryl methyl sites for hydroxylation is 1. The van der Waals surface area contributed by atoms with Crippen molar-refractivity contribution in [3.05, 3.63) is 29.3 Å². The highest BCUT2D eigenvalue weighted by Gasteiger charge is 2.13. The molecule has 0 atom stereocenters. The summed E-state index contributed by atoms with van der Waals surface area (Å²) in [7, 11) is 1.68. The normalized spacial score (nSPS) is 11.8. The summed E-state index contributed by atoms with van der Waals surface area (Å²) in [5, 5.41) is 9.11. The van der Waals surface area contributed by atoms with Crippen LogP contribution < -0.4 is 20.7 Å². The summed E-state index contributed by atoms with van der Waals surface area (Å²) >= 11 is 0. The third kappa shape index (κ3) is 7.35. The Morgan fingerprint density at radius 3 is 2.50 bits per heavy atom.